The fraction of sp³-hybridized carbons (Fsp3) is 0.600. The first-order valence-corrected chi connectivity index (χ1v) is 9.96. The van der Waals surface area contributed by atoms with Crippen LogP contribution in [-0.4, -0.2) is 54.9 Å². The molecule has 144 valence electrons. The highest BCUT2D eigenvalue weighted by Gasteiger charge is 2.26. The normalized spacial score (nSPS) is 20.5. The average Bonchev–Trinajstić information content (AvgIpc) is 3.14. The maximum atomic E-state index is 11.6. The van der Waals surface area contributed by atoms with Gasteiger partial charge < -0.3 is 9.47 Å². The molecule has 27 heavy (non-hydrogen) atoms. The number of rotatable bonds is 4. The number of hydrogen-bond donors (Lipinski definition) is 0. The van der Waals surface area contributed by atoms with Crippen LogP contribution in [0.5, 0.6) is 0 Å². The number of amides is 1. The molecule has 0 spiro atoms. The number of carbonyl (C=O) groups excluding carboxylic acids is 1. The van der Waals surface area contributed by atoms with E-state index in [0.29, 0.717) is 12.5 Å². The summed E-state index contributed by atoms with van der Waals surface area (Å²) < 4.78 is 2.21. The van der Waals surface area contributed by atoms with Crippen LogP contribution in [0.25, 0.3) is 0 Å². The third-order valence-corrected chi connectivity index (χ3v) is 5.78. The first kappa shape index (κ1) is 18.1. The van der Waals surface area contributed by atoms with Crippen molar-refractivity contribution in [3.63, 3.8) is 0 Å². The van der Waals surface area contributed by atoms with Gasteiger partial charge in [-0.15, -0.1) is 0 Å². The SMILES string of the molecule is CCn1ccnc1CN1CCC[C@H](c2ncc3c(n2)CCN(C(C)=O)C3)C1. The molecule has 0 bridgehead atoms. The number of carbonyl (C=O) groups is 1. The highest BCUT2D eigenvalue weighted by molar-refractivity contribution is 5.73. The van der Waals surface area contributed by atoms with E-state index in [-0.39, 0.29) is 5.91 Å². The topological polar surface area (TPSA) is 67.2 Å². The number of nitrogens with zero attached hydrogens (tertiary/aromatic N) is 6. The van der Waals surface area contributed by atoms with Gasteiger partial charge in [-0.1, -0.05) is 0 Å². The molecule has 0 N–H and O–H groups in total. The number of piperidine rings is 1. The van der Waals surface area contributed by atoms with Crippen molar-refractivity contribution in [3.05, 3.63) is 41.5 Å². The summed E-state index contributed by atoms with van der Waals surface area (Å²) in [5, 5.41) is 0. The van der Waals surface area contributed by atoms with E-state index in [2.05, 4.69) is 26.4 Å². The molecule has 7 nitrogen and oxygen atoms in total. The maximum absolute atomic E-state index is 11.6. The second-order valence-corrected chi connectivity index (χ2v) is 7.59. The minimum Gasteiger partial charge on any atom is -0.338 e. The van der Waals surface area contributed by atoms with Gasteiger partial charge in [0, 0.05) is 69.6 Å². The summed E-state index contributed by atoms with van der Waals surface area (Å²) in [5.41, 5.74) is 2.22. The van der Waals surface area contributed by atoms with Crippen LogP contribution < -0.4 is 0 Å². The van der Waals surface area contributed by atoms with E-state index in [0.717, 1.165) is 74.9 Å². The molecule has 2 aliphatic heterocycles. The Morgan fingerprint density at radius 1 is 1.30 bits per heavy atom. The third kappa shape index (κ3) is 3.88. The quantitative estimate of drug-likeness (QED) is 0.825. The molecule has 4 rings (SSSR count). The molecule has 1 atom stereocenters. The number of hydrogen-bond acceptors (Lipinski definition) is 5. The molecule has 2 aromatic heterocycles. The van der Waals surface area contributed by atoms with Gasteiger partial charge in [0.15, 0.2) is 0 Å². The van der Waals surface area contributed by atoms with E-state index >= 15 is 0 Å². The molecule has 0 unspecified atom stereocenters. The molecule has 0 aliphatic carbocycles. The van der Waals surface area contributed by atoms with Gasteiger partial charge in [-0.2, -0.15) is 0 Å². The van der Waals surface area contributed by atoms with Crippen molar-refractivity contribution in [2.24, 2.45) is 0 Å². The highest BCUT2D eigenvalue weighted by Crippen LogP contribution is 2.27. The van der Waals surface area contributed by atoms with Gasteiger partial charge in [-0.05, 0) is 26.3 Å². The molecule has 1 saturated heterocycles. The van der Waals surface area contributed by atoms with Crippen molar-refractivity contribution < 1.29 is 4.79 Å². The van der Waals surface area contributed by atoms with Gasteiger partial charge in [0.1, 0.15) is 11.6 Å². The zero-order valence-corrected chi connectivity index (χ0v) is 16.3. The van der Waals surface area contributed by atoms with E-state index in [1.165, 1.54) is 0 Å². The van der Waals surface area contributed by atoms with Gasteiger partial charge >= 0.3 is 0 Å². The monoisotopic (exact) mass is 368 g/mol. The fourth-order valence-corrected chi connectivity index (χ4v) is 4.19. The summed E-state index contributed by atoms with van der Waals surface area (Å²) in [6.45, 7) is 9.10. The number of imidazole rings is 1. The third-order valence-electron chi connectivity index (χ3n) is 5.78. The van der Waals surface area contributed by atoms with Crippen molar-refractivity contribution in [2.45, 2.75) is 58.7 Å². The largest absolute Gasteiger partial charge is 0.338 e. The highest BCUT2D eigenvalue weighted by atomic mass is 16.2. The number of aryl methyl sites for hydroxylation is 1. The minimum absolute atomic E-state index is 0.123. The second kappa shape index (κ2) is 7.76. The standard InChI is InChI=1S/C20H28N6O/c1-3-25-10-7-21-19(25)14-24-8-4-5-16(12-24)20-22-11-17-13-26(15(2)27)9-6-18(17)23-20/h7,10-11,16H,3-6,8-9,12-14H2,1-2H3/t16-/m0/s1. The lowest BCUT2D eigenvalue weighted by atomic mass is 9.96. The first-order valence-electron chi connectivity index (χ1n) is 9.96. The van der Waals surface area contributed by atoms with Crippen LogP contribution in [0.1, 0.15) is 55.5 Å². The van der Waals surface area contributed by atoms with E-state index in [1.54, 1.807) is 6.92 Å². The molecule has 2 aliphatic rings. The molecule has 0 aromatic carbocycles. The Morgan fingerprint density at radius 2 is 2.19 bits per heavy atom. The predicted octanol–water partition coefficient (Wildman–Crippen LogP) is 1.98. The molecule has 7 heteroatoms. The van der Waals surface area contributed by atoms with Crippen LogP contribution in [0.4, 0.5) is 0 Å². The number of likely N-dealkylation sites (tertiary alicyclic amines) is 1. The molecular formula is C20H28N6O. The Balaban J connectivity index is 1.45. The Bertz CT molecular complexity index is 817. The summed E-state index contributed by atoms with van der Waals surface area (Å²) in [5.74, 6) is 2.60. The van der Waals surface area contributed by atoms with E-state index in [1.807, 2.05) is 23.5 Å². The Hall–Kier alpha value is -2.28. The summed E-state index contributed by atoms with van der Waals surface area (Å²) in [4.78, 5) is 30.0. The van der Waals surface area contributed by atoms with Gasteiger partial charge in [0.05, 0.1) is 12.2 Å². The van der Waals surface area contributed by atoms with Crippen LogP contribution in [-0.2, 0) is 30.8 Å². The van der Waals surface area contributed by atoms with Crippen molar-refractivity contribution in [3.8, 4) is 0 Å². The van der Waals surface area contributed by atoms with E-state index in [9.17, 15) is 4.79 Å². The minimum atomic E-state index is 0.123. The van der Waals surface area contributed by atoms with Crippen molar-refractivity contribution in [1.29, 1.82) is 0 Å². The lowest BCUT2D eigenvalue weighted by Crippen LogP contribution is -2.37. The van der Waals surface area contributed by atoms with E-state index in [4.69, 9.17) is 4.98 Å². The summed E-state index contributed by atoms with van der Waals surface area (Å²) in [6, 6.07) is 0. The van der Waals surface area contributed by atoms with Gasteiger partial charge in [0.2, 0.25) is 5.91 Å². The predicted molar refractivity (Wildman–Crippen MR) is 102 cm³/mol. The zero-order valence-electron chi connectivity index (χ0n) is 16.3. The molecule has 2 aromatic rings. The molecule has 1 amide bonds. The van der Waals surface area contributed by atoms with Gasteiger partial charge in [0.25, 0.3) is 0 Å². The van der Waals surface area contributed by atoms with Crippen LogP contribution in [0.15, 0.2) is 18.6 Å². The fourth-order valence-electron chi connectivity index (χ4n) is 4.19. The molecule has 4 heterocycles. The smallest absolute Gasteiger partial charge is 0.219 e. The summed E-state index contributed by atoms with van der Waals surface area (Å²) in [6.07, 6.45) is 9.00. The lowest BCUT2D eigenvalue weighted by Gasteiger charge is -2.32. The second-order valence-electron chi connectivity index (χ2n) is 7.59. The summed E-state index contributed by atoms with van der Waals surface area (Å²) in [7, 11) is 0. The van der Waals surface area contributed by atoms with Crippen molar-refractivity contribution >= 4 is 5.91 Å². The molecular weight excluding hydrogens is 340 g/mol. The molecule has 0 saturated carbocycles. The number of aromatic nitrogens is 4. The Labute approximate surface area is 160 Å². The Kier molecular flexibility index (Phi) is 5.20. The summed E-state index contributed by atoms with van der Waals surface area (Å²) >= 11 is 0. The van der Waals surface area contributed by atoms with E-state index < -0.39 is 0 Å². The van der Waals surface area contributed by atoms with Gasteiger partial charge in [-0.25, -0.2) is 15.0 Å². The van der Waals surface area contributed by atoms with Crippen molar-refractivity contribution in [2.75, 3.05) is 19.6 Å². The van der Waals surface area contributed by atoms with Crippen LogP contribution in [0.3, 0.4) is 0 Å². The van der Waals surface area contributed by atoms with Gasteiger partial charge in [-0.3, -0.25) is 9.69 Å². The van der Waals surface area contributed by atoms with Crippen LogP contribution in [0.2, 0.25) is 0 Å². The maximum Gasteiger partial charge on any atom is 0.219 e. The lowest BCUT2D eigenvalue weighted by molar-refractivity contribution is -0.129. The Morgan fingerprint density at radius 3 is 3.00 bits per heavy atom. The van der Waals surface area contributed by atoms with Crippen LogP contribution in [0, 0.1) is 0 Å². The number of fused-ring (bicyclic) bond motifs is 1. The van der Waals surface area contributed by atoms with Crippen molar-refractivity contribution in [1.82, 2.24) is 29.3 Å². The first-order chi connectivity index (χ1) is 13.1. The zero-order chi connectivity index (χ0) is 18.8. The van der Waals surface area contributed by atoms with Crippen LogP contribution >= 0.6 is 0 Å². The average molecular weight is 368 g/mol. The molecule has 0 radical (unpaired) electrons. The molecule has 1 fully saturated rings.